The molecule has 1 rings (SSSR count). The maximum Gasteiger partial charge on any atom is 0.320 e. The molecular formula is C10H14ClNO3. The van der Waals surface area contributed by atoms with Gasteiger partial charge in [0, 0.05) is 0 Å². The average molecular weight is 232 g/mol. The minimum absolute atomic E-state index is 0. The molecule has 4 N–H and O–H groups in total. The Labute approximate surface area is 94.1 Å². The number of halogens is 1. The molecule has 0 fully saturated rings. The van der Waals surface area contributed by atoms with Crippen LogP contribution in [0.4, 0.5) is 0 Å². The molecule has 4 nitrogen and oxygen atoms in total. The molecule has 0 heterocycles. The van der Waals surface area contributed by atoms with Crippen LogP contribution in [0.15, 0.2) is 24.3 Å². The van der Waals surface area contributed by atoms with E-state index in [-0.39, 0.29) is 19.0 Å². The summed E-state index contributed by atoms with van der Waals surface area (Å²) in [6.07, 6.45) is 0.307. The maximum absolute atomic E-state index is 10.5. The molecule has 0 aromatic heterocycles. The van der Waals surface area contributed by atoms with Crippen LogP contribution < -0.4 is 5.73 Å². The summed E-state index contributed by atoms with van der Waals surface area (Å²) in [5.74, 6) is -1.00. The number of rotatable bonds is 4. The van der Waals surface area contributed by atoms with E-state index in [4.69, 9.17) is 15.9 Å². The van der Waals surface area contributed by atoms with Gasteiger partial charge in [0.2, 0.25) is 0 Å². The van der Waals surface area contributed by atoms with E-state index in [0.717, 1.165) is 11.1 Å². The zero-order valence-corrected chi connectivity index (χ0v) is 8.91. The first-order chi connectivity index (χ1) is 6.63. The molecule has 0 saturated carbocycles. The van der Waals surface area contributed by atoms with E-state index < -0.39 is 12.0 Å². The lowest BCUT2D eigenvalue weighted by molar-refractivity contribution is -0.138. The molecule has 5 heteroatoms. The van der Waals surface area contributed by atoms with Crippen molar-refractivity contribution in [3.63, 3.8) is 0 Å². The van der Waals surface area contributed by atoms with Crippen LogP contribution >= 0.6 is 12.4 Å². The molecule has 0 bridgehead atoms. The quantitative estimate of drug-likeness (QED) is 0.707. The van der Waals surface area contributed by atoms with Crippen LogP contribution in [0, 0.1) is 0 Å². The molecule has 0 spiro atoms. The second kappa shape index (κ2) is 6.40. The van der Waals surface area contributed by atoms with Gasteiger partial charge in [0.25, 0.3) is 0 Å². The van der Waals surface area contributed by atoms with Crippen molar-refractivity contribution < 1.29 is 15.0 Å². The fraction of sp³-hybridized carbons (Fsp3) is 0.300. The van der Waals surface area contributed by atoms with E-state index in [0.29, 0.717) is 6.42 Å². The number of carboxylic acids is 1. The van der Waals surface area contributed by atoms with E-state index in [2.05, 4.69) is 0 Å². The van der Waals surface area contributed by atoms with Crippen molar-refractivity contribution >= 4 is 18.4 Å². The number of carboxylic acid groups (broad SMARTS) is 1. The molecule has 0 aliphatic heterocycles. The molecule has 0 amide bonds. The lowest BCUT2D eigenvalue weighted by atomic mass is 10.1. The third kappa shape index (κ3) is 4.29. The molecule has 1 aromatic rings. The van der Waals surface area contributed by atoms with Crippen LogP contribution in [-0.4, -0.2) is 22.2 Å². The third-order valence-electron chi connectivity index (χ3n) is 1.98. The highest BCUT2D eigenvalue weighted by Gasteiger charge is 2.11. The third-order valence-corrected chi connectivity index (χ3v) is 1.98. The monoisotopic (exact) mass is 231 g/mol. The first-order valence-electron chi connectivity index (χ1n) is 4.30. The van der Waals surface area contributed by atoms with Crippen LogP contribution in [0.2, 0.25) is 0 Å². The summed E-state index contributed by atoms with van der Waals surface area (Å²) in [6.45, 7) is -0.00867. The Morgan fingerprint density at radius 3 is 2.13 bits per heavy atom. The first-order valence-corrected chi connectivity index (χ1v) is 4.30. The molecule has 84 valence electrons. The number of carbonyl (C=O) groups is 1. The first kappa shape index (κ1) is 13.9. The minimum Gasteiger partial charge on any atom is -0.480 e. The van der Waals surface area contributed by atoms with Crippen LogP contribution in [0.5, 0.6) is 0 Å². The van der Waals surface area contributed by atoms with Gasteiger partial charge < -0.3 is 15.9 Å². The molecule has 0 saturated heterocycles. The van der Waals surface area contributed by atoms with E-state index in [1.54, 1.807) is 24.3 Å². The summed E-state index contributed by atoms with van der Waals surface area (Å²) in [7, 11) is 0. The lowest BCUT2D eigenvalue weighted by Gasteiger charge is -2.06. The second-order valence-electron chi connectivity index (χ2n) is 3.12. The van der Waals surface area contributed by atoms with E-state index in [1.165, 1.54) is 0 Å². The number of nitrogens with two attached hydrogens (primary N) is 1. The number of hydrogen-bond donors (Lipinski definition) is 3. The van der Waals surface area contributed by atoms with Gasteiger partial charge in [0.1, 0.15) is 6.04 Å². The Morgan fingerprint density at radius 1 is 1.27 bits per heavy atom. The predicted molar refractivity (Wildman–Crippen MR) is 58.9 cm³/mol. The van der Waals surface area contributed by atoms with Crippen LogP contribution in [0.3, 0.4) is 0 Å². The SMILES string of the molecule is Cl.N[C@H](Cc1ccc(CO)cc1)C(=O)O. The van der Waals surface area contributed by atoms with Gasteiger partial charge in [-0.15, -0.1) is 12.4 Å². The summed E-state index contributed by atoms with van der Waals surface area (Å²) >= 11 is 0. The minimum atomic E-state index is -1.00. The van der Waals surface area contributed by atoms with Crippen molar-refractivity contribution in [2.45, 2.75) is 19.1 Å². The fourth-order valence-corrected chi connectivity index (χ4v) is 1.12. The molecular weight excluding hydrogens is 218 g/mol. The molecule has 0 aliphatic carbocycles. The summed E-state index contributed by atoms with van der Waals surface area (Å²) in [5.41, 5.74) is 7.03. The fourth-order valence-electron chi connectivity index (χ4n) is 1.12. The Balaban J connectivity index is 0.00000196. The van der Waals surface area contributed by atoms with E-state index in [1.807, 2.05) is 0 Å². The van der Waals surface area contributed by atoms with Crippen molar-refractivity contribution in [1.82, 2.24) is 0 Å². The summed E-state index contributed by atoms with van der Waals surface area (Å²) in [4.78, 5) is 10.5. The van der Waals surface area contributed by atoms with Crippen LogP contribution in [0.25, 0.3) is 0 Å². The van der Waals surface area contributed by atoms with Crippen LogP contribution in [0.1, 0.15) is 11.1 Å². The predicted octanol–water partition coefficient (Wildman–Crippen LogP) is 0.555. The van der Waals surface area contributed by atoms with Crippen molar-refractivity contribution in [2.75, 3.05) is 0 Å². The van der Waals surface area contributed by atoms with Crippen LogP contribution in [-0.2, 0) is 17.8 Å². The molecule has 0 radical (unpaired) electrons. The van der Waals surface area contributed by atoms with Gasteiger partial charge >= 0.3 is 5.97 Å². The number of hydrogen-bond acceptors (Lipinski definition) is 3. The Hall–Kier alpha value is -1.10. The Bertz CT molecular complexity index is 313. The highest BCUT2D eigenvalue weighted by Crippen LogP contribution is 2.06. The summed E-state index contributed by atoms with van der Waals surface area (Å²) < 4.78 is 0. The normalized spacial score (nSPS) is 11.6. The van der Waals surface area contributed by atoms with Crippen molar-refractivity contribution in [2.24, 2.45) is 5.73 Å². The standard InChI is InChI=1S/C10H13NO3.ClH/c11-9(10(13)14)5-7-1-3-8(6-12)4-2-7;/h1-4,9,12H,5-6,11H2,(H,13,14);1H/t9-;/m1./s1. The smallest absolute Gasteiger partial charge is 0.320 e. The largest absolute Gasteiger partial charge is 0.480 e. The van der Waals surface area contributed by atoms with Crippen molar-refractivity contribution in [1.29, 1.82) is 0 Å². The number of aliphatic carboxylic acids is 1. The topological polar surface area (TPSA) is 83.5 Å². The molecule has 0 unspecified atom stereocenters. The molecule has 1 aromatic carbocycles. The Morgan fingerprint density at radius 2 is 1.73 bits per heavy atom. The van der Waals surface area contributed by atoms with Gasteiger partial charge in [-0.2, -0.15) is 0 Å². The summed E-state index contributed by atoms with van der Waals surface area (Å²) in [5, 5.41) is 17.4. The van der Waals surface area contributed by atoms with Gasteiger partial charge in [-0.25, -0.2) is 0 Å². The van der Waals surface area contributed by atoms with Crippen molar-refractivity contribution in [3.05, 3.63) is 35.4 Å². The van der Waals surface area contributed by atoms with Crippen molar-refractivity contribution in [3.8, 4) is 0 Å². The summed E-state index contributed by atoms with van der Waals surface area (Å²) in [6, 6.07) is 6.19. The van der Waals surface area contributed by atoms with Gasteiger partial charge in [-0.05, 0) is 17.5 Å². The average Bonchev–Trinajstić information content (AvgIpc) is 2.19. The van der Waals surface area contributed by atoms with Gasteiger partial charge in [0.15, 0.2) is 0 Å². The highest BCUT2D eigenvalue weighted by atomic mass is 35.5. The zero-order valence-electron chi connectivity index (χ0n) is 8.09. The molecule has 1 atom stereocenters. The molecule has 0 aliphatic rings. The highest BCUT2D eigenvalue weighted by molar-refractivity contribution is 5.85. The van der Waals surface area contributed by atoms with Gasteiger partial charge in [-0.1, -0.05) is 24.3 Å². The second-order valence-corrected chi connectivity index (χ2v) is 3.12. The lowest BCUT2D eigenvalue weighted by Crippen LogP contribution is -2.32. The van der Waals surface area contributed by atoms with Gasteiger partial charge in [-0.3, -0.25) is 4.79 Å². The number of aliphatic hydroxyl groups excluding tert-OH is 1. The Kier molecular flexibility index (Phi) is 5.93. The molecule has 15 heavy (non-hydrogen) atoms. The maximum atomic E-state index is 10.5. The van der Waals surface area contributed by atoms with E-state index >= 15 is 0 Å². The number of aliphatic hydroxyl groups is 1. The van der Waals surface area contributed by atoms with E-state index in [9.17, 15) is 4.79 Å². The number of benzene rings is 1. The zero-order chi connectivity index (χ0) is 10.6. The van der Waals surface area contributed by atoms with Gasteiger partial charge in [0.05, 0.1) is 6.61 Å².